The van der Waals surface area contributed by atoms with Gasteiger partial charge in [0, 0.05) is 17.8 Å². The highest BCUT2D eigenvalue weighted by atomic mass is 32.1. The van der Waals surface area contributed by atoms with Crippen molar-refractivity contribution in [2.45, 2.75) is 6.43 Å². The predicted molar refractivity (Wildman–Crippen MR) is 66.5 cm³/mol. The zero-order chi connectivity index (χ0) is 14.3. The summed E-state index contributed by atoms with van der Waals surface area (Å²) >= 11 is 0.853. The summed E-state index contributed by atoms with van der Waals surface area (Å²) in [5.74, 6) is -1.06. The van der Waals surface area contributed by atoms with E-state index < -0.39 is 18.1 Å². The van der Waals surface area contributed by atoms with E-state index in [0.717, 1.165) is 16.0 Å². The van der Waals surface area contributed by atoms with E-state index in [1.165, 1.54) is 18.5 Å². The molecule has 0 unspecified atom stereocenters. The van der Waals surface area contributed by atoms with Gasteiger partial charge in [-0.2, -0.15) is 9.78 Å². The van der Waals surface area contributed by atoms with E-state index in [2.05, 4.69) is 15.1 Å². The van der Waals surface area contributed by atoms with Gasteiger partial charge in [-0.3, -0.25) is 0 Å². The van der Waals surface area contributed by atoms with Crippen molar-refractivity contribution in [1.82, 2.24) is 19.7 Å². The van der Waals surface area contributed by atoms with Gasteiger partial charge in [-0.15, -0.1) is 11.3 Å². The molecule has 0 saturated carbocycles. The zero-order valence-corrected chi connectivity index (χ0v) is 10.5. The van der Waals surface area contributed by atoms with E-state index in [4.69, 9.17) is 5.11 Å². The Morgan fingerprint density at radius 2 is 2.05 bits per heavy atom. The predicted octanol–water partition coefficient (Wildman–Crippen LogP) is 2.51. The van der Waals surface area contributed by atoms with Crippen molar-refractivity contribution in [1.29, 1.82) is 0 Å². The number of thiophene rings is 1. The molecule has 3 rings (SSSR count). The van der Waals surface area contributed by atoms with Gasteiger partial charge in [0.05, 0.1) is 0 Å². The van der Waals surface area contributed by atoms with Crippen molar-refractivity contribution >= 4 is 27.5 Å². The Balaban J connectivity index is 2.29. The molecular weight excluding hydrogens is 290 g/mol. The molecule has 20 heavy (non-hydrogen) atoms. The molecule has 0 fully saturated rings. The Kier molecular flexibility index (Phi) is 2.90. The monoisotopic (exact) mass is 296 g/mol. The lowest BCUT2D eigenvalue weighted by Gasteiger charge is -1.98. The highest BCUT2D eigenvalue weighted by Crippen LogP contribution is 2.34. The van der Waals surface area contributed by atoms with Gasteiger partial charge in [-0.05, 0) is 12.1 Å². The maximum atomic E-state index is 13.0. The molecule has 0 aliphatic heterocycles. The summed E-state index contributed by atoms with van der Waals surface area (Å²) in [4.78, 5) is 19.1. The summed E-state index contributed by atoms with van der Waals surface area (Å²) in [5, 5.41) is 12.8. The Bertz CT molecular complexity index is 784. The van der Waals surface area contributed by atoms with Gasteiger partial charge in [0.25, 0.3) is 12.4 Å². The first-order valence-electron chi connectivity index (χ1n) is 5.39. The number of aromatic carboxylic acids is 1. The van der Waals surface area contributed by atoms with Crippen LogP contribution in [0.5, 0.6) is 0 Å². The molecule has 3 heterocycles. The summed E-state index contributed by atoms with van der Waals surface area (Å²) < 4.78 is 27.1. The lowest BCUT2D eigenvalue weighted by Crippen LogP contribution is -2.02. The van der Waals surface area contributed by atoms with Gasteiger partial charge in [0.15, 0.2) is 0 Å². The minimum atomic E-state index is -2.81. The van der Waals surface area contributed by atoms with E-state index >= 15 is 0 Å². The van der Waals surface area contributed by atoms with E-state index in [1.807, 2.05) is 0 Å². The SMILES string of the molecule is O=C(O)c1cc2c(C(F)F)nn(-c3ncccn3)c2s1. The van der Waals surface area contributed by atoms with Crippen LogP contribution in [0, 0.1) is 0 Å². The van der Waals surface area contributed by atoms with Gasteiger partial charge < -0.3 is 5.11 Å². The molecule has 9 heteroatoms. The van der Waals surface area contributed by atoms with Crippen LogP contribution in [-0.2, 0) is 0 Å². The summed E-state index contributed by atoms with van der Waals surface area (Å²) in [5.41, 5.74) is -0.476. The molecule has 0 bridgehead atoms. The molecule has 0 saturated heterocycles. The number of carbonyl (C=O) groups is 1. The van der Waals surface area contributed by atoms with Crippen LogP contribution in [0.25, 0.3) is 16.2 Å². The number of aromatic nitrogens is 4. The van der Waals surface area contributed by atoms with E-state index in [0.29, 0.717) is 0 Å². The van der Waals surface area contributed by atoms with Crippen LogP contribution in [0.4, 0.5) is 8.78 Å². The molecule has 102 valence electrons. The summed E-state index contributed by atoms with van der Waals surface area (Å²) in [6, 6.07) is 2.77. The van der Waals surface area contributed by atoms with Crippen LogP contribution < -0.4 is 0 Å². The minimum Gasteiger partial charge on any atom is -0.477 e. The molecular formula is C11H6F2N4O2S. The third-order valence-electron chi connectivity index (χ3n) is 2.55. The molecule has 0 aliphatic rings. The van der Waals surface area contributed by atoms with E-state index in [-0.39, 0.29) is 21.0 Å². The van der Waals surface area contributed by atoms with Gasteiger partial charge >= 0.3 is 5.97 Å². The molecule has 0 aliphatic carbocycles. The average Bonchev–Trinajstić information content (AvgIpc) is 2.97. The maximum absolute atomic E-state index is 13.0. The maximum Gasteiger partial charge on any atom is 0.345 e. The standard InChI is InChI=1S/C11H6F2N4O2S/c12-8(13)7-5-4-6(10(18)19)20-9(5)17(16-7)11-14-2-1-3-15-11/h1-4,8H,(H,18,19). The zero-order valence-electron chi connectivity index (χ0n) is 9.70. The van der Waals surface area contributed by atoms with Crippen molar-refractivity contribution in [3.05, 3.63) is 35.1 Å². The second-order valence-corrected chi connectivity index (χ2v) is 4.81. The number of halogens is 2. The third-order valence-corrected chi connectivity index (χ3v) is 3.65. The van der Waals surface area contributed by atoms with Crippen molar-refractivity contribution in [2.24, 2.45) is 0 Å². The molecule has 1 N–H and O–H groups in total. The number of alkyl halides is 2. The number of nitrogens with zero attached hydrogens (tertiary/aromatic N) is 4. The smallest absolute Gasteiger partial charge is 0.345 e. The second-order valence-electron chi connectivity index (χ2n) is 3.78. The van der Waals surface area contributed by atoms with Gasteiger partial charge in [-0.25, -0.2) is 23.5 Å². The minimum absolute atomic E-state index is 0.0380. The number of fused-ring (bicyclic) bond motifs is 1. The molecule has 6 nitrogen and oxygen atoms in total. The summed E-state index contributed by atoms with van der Waals surface area (Å²) in [7, 11) is 0. The number of hydrogen-bond acceptors (Lipinski definition) is 5. The highest BCUT2D eigenvalue weighted by molar-refractivity contribution is 7.20. The Morgan fingerprint density at radius 3 is 2.65 bits per heavy atom. The second kappa shape index (κ2) is 4.60. The molecule has 0 amide bonds. The lowest BCUT2D eigenvalue weighted by molar-refractivity contribution is 0.0702. The molecule has 0 aromatic carbocycles. The van der Waals surface area contributed by atoms with Crippen LogP contribution >= 0.6 is 11.3 Å². The van der Waals surface area contributed by atoms with Crippen molar-refractivity contribution in [2.75, 3.05) is 0 Å². The fourth-order valence-electron chi connectivity index (χ4n) is 1.73. The van der Waals surface area contributed by atoms with Gasteiger partial charge in [0.2, 0.25) is 0 Å². The largest absolute Gasteiger partial charge is 0.477 e. The first-order chi connectivity index (χ1) is 9.58. The Morgan fingerprint density at radius 1 is 1.35 bits per heavy atom. The Labute approximate surface area is 114 Å². The van der Waals surface area contributed by atoms with Crippen LogP contribution in [0.3, 0.4) is 0 Å². The van der Waals surface area contributed by atoms with Crippen molar-refractivity contribution in [3.8, 4) is 5.95 Å². The number of rotatable bonds is 3. The average molecular weight is 296 g/mol. The third kappa shape index (κ3) is 1.92. The summed E-state index contributed by atoms with van der Waals surface area (Å²) in [6.07, 6.45) is 0.0893. The summed E-state index contributed by atoms with van der Waals surface area (Å²) in [6.45, 7) is 0. The van der Waals surface area contributed by atoms with Gasteiger partial charge in [0.1, 0.15) is 15.4 Å². The first-order valence-corrected chi connectivity index (χ1v) is 6.21. The first kappa shape index (κ1) is 12.6. The highest BCUT2D eigenvalue weighted by Gasteiger charge is 2.24. The fraction of sp³-hybridized carbons (Fsp3) is 0.0909. The quantitative estimate of drug-likeness (QED) is 0.803. The van der Waals surface area contributed by atoms with Crippen molar-refractivity contribution < 1.29 is 18.7 Å². The normalized spacial score (nSPS) is 11.3. The van der Waals surface area contributed by atoms with Crippen LogP contribution in [0.15, 0.2) is 24.5 Å². The van der Waals surface area contributed by atoms with Gasteiger partial charge in [-0.1, -0.05) is 0 Å². The van der Waals surface area contributed by atoms with Crippen LogP contribution in [0.2, 0.25) is 0 Å². The molecule has 3 aromatic rings. The Hall–Kier alpha value is -2.42. The number of carboxylic acids is 1. The van der Waals surface area contributed by atoms with E-state index in [9.17, 15) is 13.6 Å². The van der Waals surface area contributed by atoms with E-state index in [1.54, 1.807) is 6.07 Å². The molecule has 0 atom stereocenters. The lowest BCUT2D eigenvalue weighted by atomic mass is 10.3. The fourth-order valence-corrected chi connectivity index (χ4v) is 2.69. The van der Waals surface area contributed by atoms with Crippen LogP contribution in [0.1, 0.15) is 21.8 Å². The van der Waals surface area contributed by atoms with Crippen LogP contribution in [-0.4, -0.2) is 30.8 Å². The van der Waals surface area contributed by atoms with Crippen molar-refractivity contribution in [3.63, 3.8) is 0 Å². The molecule has 0 radical (unpaired) electrons. The number of hydrogen-bond donors (Lipinski definition) is 1. The topological polar surface area (TPSA) is 80.9 Å². The molecule has 0 spiro atoms. The molecule has 3 aromatic heterocycles. The number of carboxylic acid groups (broad SMARTS) is 1.